The Bertz CT molecular complexity index is 1610. The first-order chi connectivity index (χ1) is 20.8. The predicted octanol–water partition coefficient (Wildman–Crippen LogP) is 8.76. The van der Waals surface area contributed by atoms with E-state index in [0.29, 0.717) is 23.3 Å². The highest BCUT2D eigenvalue weighted by molar-refractivity contribution is 5.90. The first-order valence-electron chi connectivity index (χ1n) is 13.5. The summed E-state index contributed by atoms with van der Waals surface area (Å²) in [6, 6.07) is 11.3. The third-order valence-corrected chi connectivity index (χ3v) is 5.45. The molecule has 2 rings (SSSR count). The van der Waals surface area contributed by atoms with Gasteiger partial charge < -0.3 is 14.2 Å². The van der Waals surface area contributed by atoms with Gasteiger partial charge in [-0.05, 0) is 86.4 Å². The average Bonchev–Trinajstić information content (AvgIpc) is 2.95. The summed E-state index contributed by atoms with van der Waals surface area (Å²) >= 11 is 0. The van der Waals surface area contributed by atoms with E-state index in [0.717, 1.165) is 5.56 Å². The van der Waals surface area contributed by atoms with Crippen LogP contribution in [-0.2, 0) is 14.4 Å². The van der Waals surface area contributed by atoms with Crippen molar-refractivity contribution in [3.8, 4) is 17.2 Å². The molecule has 0 bridgehead atoms. The van der Waals surface area contributed by atoms with Gasteiger partial charge in [0.15, 0.2) is 0 Å². The number of hydrogen-bond acceptors (Lipinski definition) is 6. The summed E-state index contributed by atoms with van der Waals surface area (Å²) in [5.74, 6) is -1.80. The quantitative estimate of drug-likeness (QED) is 0.0759. The Kier molecular flexibility index (Phi) is 13.2. The highest BCUT2D eigenvalue weighted by Gasteiger charge is 2.11. The van der Waals surface area contributed by atoms with Crippen molar-refractivity contribution in [2.45, 2.75) is 34.1 Å². The fourth-order valence-corrected chi connectivity index (χ4v) is 3.21. The molecule has 0 aromatic heterocycles. The van der Waals surface area contributed by atoms with E-state index in [1.165, 1.54) is 50.3 Å². The molecule has 0 saturated carbocycles. The minimum atomic E-state index is -0.650. The lowest BCUT2D eigenvalue weighted by Gasteiger charge is -2.09. The number of benzene rings is 2. The molecule has 2 aromatic carbocycles. The summed E-state index contributed by atoms with van der Waals surface area (Å²) in [5, 5.41) is 0. The molecule has 0 fully saturated rings. The zero-order chi connectivity index (χ0) is 32.8. The summed E-state index contributed by atoms with van der Waals surface area (Å²) in [6.07, 6.45) is 10.2. The SMILES string of the molecule is C=C(C)C(=O)Oc1cccc(/C=C/C(=C/CC)/C=C(/F)C(=C)C=C=Cc2cc(OC(=O)C(=C)C)cc(OC(=O)C(=C)C)c2)c1. The second-order valence-electron chi connectivity index (χ2n) is 9.74. The van der Waals surface area contributed by atoms with Gasteiger partial charge in [-0.2, -0.15) is 0 Å². The molecule has 0 saturated heterocycles. The van der Waals surface area contributed by atoms with E-state index >= 15 is 4.39 Å². The predicted molar refractivity (Wildman–Crippen MR) is 173 cm³/mol. The van der Waals surface area contributed by atoms with Gasteiger partial charge in [0, 0.05) is 28.4 Å². The second kappa shape index (κ2) is 16.8. The van der Waals surface area contributed by atoms with Crippen molar-refractivity contribution in [2.75, 3.05) is 0 Å². The fourth-order valence-electron chi connectivity index (χ4n) is 3.21. The Morgan fingerprint density at radius 2 is 1.32 bits per heavy atom. The molecule has 0 aliphatic carbocycles. The van der Waals surface area contributed by atoms with E-state index in [9.17, 15) is 14.4 Å². The standard InChI is InChI=1S/C37H35FO6/c1-9-12-28(17-18-29-14-11-16-31(19-29)42-35(39)24(2)3)22-34(38)27(8)13-10-15-30-20-32(43-36(40)25(4)5)23-33(21-30)44-37(41)26(6)7/h11-23H,2,4,6,8-9H2,1,3,5,7H3/b18-17+,28-12-,34-22+. The van der Waals surface area contributed by atoms with Gasteiger partial charge in [0.05, 0.1) is 0 Å². The van der Waals surface area contributed by atoms with Crippen molar-refractivity contribution >= 4 is 30.1 Å². The van der Waals surface area contributed by atoms with Crippen molar-refractivity contribution in [1.82, 2.24) is 0 Å². The molecule has 7 heteroatoms. The number of carbonyl (C=O) groups excluding carboxylic acids is 3. The number of rotatable bonds is 13. The number of hydrogen-bond donors (Lipinski definition) is 0. The lowest BCUT2D eigenvalue weighted by molar-refractivity contribution is -0.131. The molecular weight excluding hydrogens is 559 g/mol. The zero-order valence-electron chi connectivity index (χ0n) is 25.4. The van der Waals surface area contributed by atoms with Crippen LogP contribution in [0, 0.1) is 0 Å². The van der Waals surface area contributed by atoms with Gasteiger partial charge in [-0.3, -0.25) is 0 Å². The summed E-state index contributed by atoms with van der Waals surface area (Å²) in [5.41, 5.74) is 5.38. The molecule has 0 N–H and O–H groups in total. The van der Waals surface area contributed by atoms with Crippen LogP contribution in [0.4, 0.5) is 4.39 Å². The van der Waals surface area contributed by atoms with E-state index in [2.05, 4.69) is 32.0 Å². The van der Waals surface area contributed by atoms with E-state index in [-0.39, 0.29) is 33.8 Å². The lowest BCUT2D eigenvalue weighted by Crippen LogP contribution is -2.10. The molecule has 0 radical (unpaired) electrons. The summed E-state index contributed by atoms with van der Waals surface area (Å²) in [7, 11) is 0. The van der Waals surface area contributed by atoms with Crippen LogP contribution in [0.15, 0.2) is 133 Å². The molecule has 6 nitrogen and oxygen atoms in total. The largest absolute Gasteiger partial charge is 0.423 e. The highest BCUT2D eigenvalue weighted by Crippen LogP contribution is 2.25. The minimum Gasteiger partial charge on any atom is -0.423 e. The van der Waals surface area contributed by atoms with E-state index in [1.54, 1.807) is 37.3 Å². The normalized spacial score (nSPS) is 11.2. The summed E-state index contributed by atoms with van der Waals surface area (Å²) in [4.78, 5) is 35.8. The molecule has 0 amide bonds. The molecule has 0 heterocycles. The van der Waals surface area contributed by atoms with Crippen molar-refractivity contribution in [2.24, 2.45) is 0 Å². The molecule has 226 valence electrons. The smallest absolute Gasteiger partial charge is 0.338 e. The summed E-state index contributed by atoms with van der Waals surface area (Å²) in [6.45, 7) is 21.0. The third-order valence-electron chi connectivity index (χ3n) is 5.45. The second-order valence-corrected chi connectivity index (χ2v) is 9.74. The maximum Gasteiger partial charge on any atom is 0.338 e. The van der Waals surface area contributed by atoms with Crippen LogP contribution in [0.1, 0.15) is 45.2 Å². The van der Waals surface area contributed by atoms with Crippen LogP contribution in [0.25, 0.3) is 12.2 Å². The van der Waals surface area contributed by atoms with Crippen molar-refractivity contribution in [3.05, 3.63) is 144 Å². The lowest BCUT2D eigenvalue weighted by atomic mass is 10.1. The monoisotopic (exact) mass is 594 g/mol. The maximum absolute atomic E-state index is 15.1. The third kappa shape index (κ3) is 11.8. The molecule has 0 spiro atoms. The first kappa shape index (κ1) is 34.7. The Hall–Kier alpha value is -5.52. The summed E-state index contributed by atoms with van der Waals surface area (Å²) < 4.78 is 30.9. The number of ether oxygens (including phenoxy) is 3. The fraction of sp³-hybridized carbons (Fsp3) is 0.135. The molecule has 0 aliphatic heterocycles. The Balaban J connectivity index is 2.27. The Morgan fingerprint density at radius 3 is 1.84 bits per heavy atom. The van der Waals surface area contributed by atoms with Crippen LogP contribution >= 0.6 is 0 Å². The van der Waals surface area contributed by atoms with Gasteiger partial charge in [0.25, 0.3) is 0 Å². The van der Waals surface area contributed by atoms with Crippen LogP contribution < -0.4 is 14.2 Å². The van der Waals surface area contributed by atoms with Crippen molar-refractivity contribution in [3.63, 3.8) is 0 Å². The number of halogens is 1. The number of allylic oxidation sites excluding steroid dienone is 7. The van der Waals surface area contributed by atoms with Gasteiger partial charge in [0.1, 0.15) is 23.1 Å². The molecule has 0 atom stereocenters. The molecular formula is C37H35FO6. The van der Waals surface area contributed by atoms with Crippen LogP contribution in [0.2, 0.25) is 0 Å². The van der Waals surface area contributed by atoms with Crippen LogP contribution in [0.3, 0.4) is 0 Å². The zero-order valence-corrected chi connectivity index (χ0v) is 25.4. The average molecular weight is 595 g/mol. The van der Waals surface area contributed by atoms with Crippen molar-refractivity contribution < 1.29 is 33.0 Å². The minimum absolute atomic E-state index is 0.0594. The van der Waals surface area contributed by atoms with E-state index in [4.69, 9.17) is 14.2 Å². The van der Waals surface area contributed by atoms with Gasteiger partial charge in [-0.15, -0.1) is 5.73 Å². The Morgan fingerprint density at radius 1 is 0.795 bits per heavy atom. The Labute approximate surface area is 257 Å². The van der Waals surface area contributed by atoms with Crippen LogP contribution in [0.5, 0.6) is 17.2 Å². The number of carbonyl (C=O) groups is 3. The van der Waals surface area contributed by atoms with E-state index in [1.807, 2.05) is 19.1 Å². The van der Waals surface area contributed by atoms with Crippen LogP contribution in [-0.4, -0.2) is 17.9 Å². The maximum atomic E-state index is 15.1. The molecule has 2 aromatic rings. The molecule has 44 heavy (non-hydrogen) atoms. The van der Waals surface area contributed by atoms with Crippen molar-refractivity contribution in [1.29, 1.82) is 0 Å². The molecule has 0 aliphatic rings. The molecule has 0 unspecified atom stereocenters. The topological polar surface area (TPSA) is 78.9 Å². The van der Waals surface area contributed by atoms with E-state index < -0.39 is 23.7 Å². The number of esters is 3. The van der Waals surface area contributed by atoms with Gasteiger partial charge in [-0.1, -0.05) is 63.6 Å². The highest BCUT2D eigenvalue weighted by atomic mass is 19.1. The first-order valence-corrected chi connectivity index (χ1v) is 13.5. The van der Waals surface area contributed by atoms with Gasteiger partial charge in [-0.25, -0.2) is 18.8 Å². The van der Waals surface area contributed by atoms with Gasteiger partial charge in [0.2, 0.25) is 0 Å². The van der Waals surface area contributed by atoms with Gasteiger partial charge >= 0.3 is 17.9 Å².